The molecule has 2 amide bonds. The summed E-state index contributed by atoms with van der Waals surface area (Å²) in [5.41, 5.74) is 0.957. The van der Waals surface area contributed by atoms with Crippen molar-refractivity contribution in [1.82, 2.24) is 10.3 Å². The van der Waals surface area contributed by atoms with E-state index in [1.807, 2.05) is 12.1 Å². The molecule has 0 aliphatic rings. The zero-order chi connectivity index (χ0) is 13.7. The molecule has 0 saturated heterocycles. The molecule has 4 nitrogen and oxygen atoms in total. The Kier molecular flexibility index (Phi) is 4.60. The summed E-state index contributed by atoms with van der Waals surface area (Å²) in [5, 5.41) is 6.48. The van der Waals surface area contributed by atoms with Crippen molar-refractivity contribution < 1.29 is 4.79 Å². The van der Waals surface area contributed by atoms with Crippen LogP contribution in [0.4, 0.5) is 10.6 Å². The number of hydrogen-bond acceptors (Lipinski definition) is 2. The van der Waals surface area contributed by atoms with Gasteiger partial charge >= 0.3 is 6.03 Å². The molecule has 0 radical (unpaired) electrons. The number of carbonyl (C=O) groups is 1. The SMILES string of the molecule is O=C(NCc1ccc(Cl)cc1)Nc1cc(Cl)ccn1. The number of halogens is 2. The van der Waals surface area contributed by atoms with Gasteiger partial charge in [-0.3, -0.25) is 5.32 Å². The van der Waals surface area contributed by atoms with Crippen LogP contribution in [0.3, 0.4) is 0 Å². The van der Waals surface area contributed by atoms with Crippen molar-refractivity contribution in [3.8, 4) is 0 Å². The molecule has 1 aromatic heterocycles. The van der Waals surface area contributed by atoms with Crippen molar-refractivity contribution in [3.05, 3.63) is 58.2 Å². The number of pyridine rings is 1. The van der Waals surface area contributed by atoms with E-state index in [9.17, 15) is 4.79 Å². The number of anilines is 1. The summed E-state index contributed by atoms with van der Waals surface area (Å²) in [4.78, 5) is 15.6. The molecule has 98 valence electrons. The second-order valence-electron chi connectivity index (χ2n) is 3.79. The lowest BCUT2D eigenvalue weighted by atomic mass is 10.2. The van der Waals surface area contributed by atoms with Crippen molar-refractivity contribution >= 4 is 35.1 Å². The molecule has 0 bridgehead atoms. The third-order valence-electron chi connectivity index (χ3n) is 2.33. The Morgan fingerprint density at radius 1 is 1.11 bits per heavy atom. The molecular weight excluding hydrogens is 285 g/mol. The van der Waals surface area contributed by atoms with Gasteiger partial charge in [-0.2, -0.15) is 0 Å². The van der Waals surface area contributed by atoms with E-state index < -0.39 is 0 Å². The number of hydrogen-bond donors (Lipinski definition) is 2. The molecule has 0 spiro atoms. The third-order valence-corrected chi connectivity index (χ3v) is 2.82. The number of amides is 2. The van der Waals surface area contributed by atoms with Gasteiger partial charge in [0.1, 0.15) is 5.82 Å². The Morgan fingerprint density at radius 3 is 2.53 bits per heavy atom. The summed E-state index contributed by atoms with van der Waals surface area (Å²) in [7, 11) is 0. The second kappa shape index (κ2) is 6.41. The maximum Gasteiger partial charge on any atom is 0.320 e. The molecule has 1 heterocycles. The molecule has 2 aromatic rings. The van der Waals surface area contributed by atoms with Crippen molar-refractivity contribution in [2.24, 2.45) is 0 Å². The molecule has 1 aromatic carbocycles. The molecule has 2 rings (SSSR count). The highest BCUT2D eigenvalue weighted by molar-refractivity contribution is 6.31. The van der Waals surface area contributed by atoms with Gasteiger partial charge in [0.05, 0.1) is 0 Å². The van der Waals surface area contributed by atoms with E-state index in [1.165, 1.54) is 6.20 Å². The van der Waals surface area contributed by atoms with Crippen molar-refractivity contribution in [2.75, 3.05) is 5.32 Å². The van der Waals surface area contributed by atoms with Crippen LogP contribution in [0.15, 0.2) is 42.6 Å². The van der Waals surface area contributed by atoms with Crippen LogP contribution in [0.5, 0.6) is 0 Å². The molecule has 0 fully saturated rings. The number of nitrogens with one attached hydrogen (secondary N) is 2. The fourth-order valence-corrected chi connectivity index (χ4v) is 1.70. The number of carbonyl (C=O) groups excluding carboxylic acids is 1. The quantitative estimate of drug-likeness (QED) is 0.907. The van der Waals surface area contributed by atoms with Crippen molar-refractivity contribution in [2.45, 2.75) is 6.54 Å². The van der Waals surface area contributed by atoms with Gasteiger partial charge in [-0.15, -0.1) is 0 Å². The molecule has 0 aliphatic carbocycles. The Bertz CT molecular complexity index is 572. The van der Waals surface area contributed by atoms with Crippen LogP contribution in [0, 0.1) is 0 Å². The Hall–Kier alpha value is -1.78. The molecule has 0 saturated carbocycles. The maximum atomic E-state index is 11.6. The summed E-state index contributed by atoms with van der Waals surface area (Å²) in [5.74, 6) is 0.404. The first-order valence-corrected chi connectivity index (χ1v) is 6.30. The first-order valence-electron chi connectivity index (χ1n) is 5.54. The highest BCUT2D eigenvalue weighted by Gasteiger charge is 2.03. The zero-order valence-corrected chi connectivity index (χ0v) is 11.4. The minimum Gasteiger partial charge on any atom is -0.334 e. The van der Waals surface area contributed by atoms with E-state index in [4.69, 9.17) is 23.2 Å². The van der Waals surface area contributed by atoms with E-state index in [1.54, 1.807) is 24.3 Å². The Morgan fingerprint density at radius 2 is 1.84 bits per heavy atom. The molecule has 0 atom stereocenters. The summed E-state index contributed by atoms with van der Waals surface area (Å²) < 4.78 is 0. The smallest absolute Gasteiger partial charge is 0.320 e. The molecule has 19 heavy (non-hydrogen) atoms. The molecule has 0 unspecified atom stereocenters. The minimum atomic E-state index is -0.343. The molecule has 0 aliphatic heterocycles. The summed E-state index contributed by atoms with van der Waals surface area (Å²) >= 11 is 11.6. The predicted octanol–water partition coefficient (Wildman–Crippen LogP) is 3.71. The van der Waals surface area contributed by atoms with Crippen LogP contribution < -0.4 is 10.6 Å². The average Bonchev–Trinajstić information content (AvgIpc) is 2.38. The van der Waals surface area contributed by atoms with E-state index in [2.05, 4.69) is 15.6 Å². The molecular formula is C13H11Cl2N3O. The first-order chi connectivity index (χ1) is 9.13. The molecule has 6 heteroatoms. The van der Waals surface area contributed by atoms with Gasteiger partial charge in [0.2, 0.25) is 0 Å². The minimum absolute atomic E-state index is 0.343. The number of benzene rings is 1. The third kappa shape index (κ3) is 4.43. The van der Waals surface area contributed by atoms with Gasteiger partial charge in [-0.05, 0) is 29.8 Å². The van der Waals surface area contributed by atoms with Crippen LogP contribution in [0.25, 0.3) is 0 Å². The van der Waals surface area contributed by atoms with Gasteiger partial charge in [0.25, 0.3) is 0 Å². The monoisotopic (exact) mass is 295 g/mol. The van der Waals surface area contributed by atoms with Crippen molar-refractivity contribution in [1.29, 1.82) is 0 Å². The van der Waals surface area contributed by atoms with Crippen LogP contribution in [0.2, 0.25) is 10.0 Å². The van der Waals surface area contributed by atoms with E-state index in [-0.39, 0.29) is 6.03 Å². The fraction of sp³-hybridized carbons (Fsp3) is 0.0769. The topological polar surface area (TPSA) is 54.0 Å². The van der Waals surface area contributed by atoms with Crippen LogP contribution in [-0.2, 0) is 6.54 Å². The van der Waals surface area contributed by atoms with Crippen molar-refractivity contribution in [3.63, 3.8) is 0 Å². The van der Waals surface area contributed by atoms with Crippen LogP contribution in [0.1, 0.15) is 5.56 Å². The standard InChI is InChI=1S/C13H11Cl2N3O/c14-10-3-1-9(2-4-10)8-17-13(19)18-12-7-11(15)5-6-16-12/h1-7H,8H2,(H2,16,17,18,19). The average molecular weight is 296 g/mol. The highest BCUT2D eigenvalue weighted by Crippen LogP contribution is 2.12. The Balaban J connectivity index is 1.86. The van der Waals surface area contributed by atoms with Crippen LogP contribution in [-0.4, -0.2) is 11.0 Å². The van der Waals surface area contributed by atoms with Gasteiger partial charge in [-0.25, -0.2) is 9.78 Å². The van der Waals surface area contributed by atoms with Gasteiger partial charge in [0.15, 0.2) is 0 Å². The van der Waals surface area contributed by atoms with E-state index in [0.29, 0.717) is 22.4 Å². The fourth-order valence-electron chi connectivity index (χ4n) is 1.42. The van der Waals surface area contributed by atoms with E-state index in [0.717, 1.165) is 5.56 Å². The lowest BCUT2D eigenvalue weighted by Crippen LogP contribution is -2.28. The Labute approximate surface area is 120 Å². The zero-order valence-electron chi connectivity index (χ0n) is 9.86. The van der Waals surface area contributed by atoms with E-state index >= 15 is 0 Å². The molecule has 2 N–H and O–H groups in total. The van der Waals surface area contributed by atoms with Gasteiger partial charge in [0, 0.05) is 22.8 Å². The predicted molar refractivity (Wildman–Crippen MR) is 76.6 cm³/mol. The van der Waals surface area contributed by atoms with Gasteiger partial charge in [-0.1, -0.05) is 35.3 Å². The summed E-state index contributed by atoms with van der Waals surface area (Å²) in [6.07, 6.45) is 1.52. The summed E-state index contributed by atoms with van der Waals surface area (Å²) in [6.45, 7) is 0.406. The number of urea groups is 1. The number of nitrogens with zero attached hydrogens (tertiary/aromatic N) is 1. The largest absolute Gasteiger partial charge is 0.334 e. The summed E-state index contributed by atoms with van der Waals surface area (Å²) in [6, 6.07) is 10.1. The number of aromatic nitrogens is 1. The number of rotatable bonds is 3. The second-order valence-corrected chi connectivity index (χ2v) is 4.67. The maximum absolute atomic E-state index is 11.6. The van der Waals surface area contributed by atoms with Gasteiger partial charge < -0.3 is 5.32 Å². The van der Waals surface area contributed by atoms with Crippen LogP contribution >= 0.6 is 23.2 Å². The first kappa shape index (κ1) is 13.6. The lowest BCUT2D eigenvalue weighted by molar-refractivity contribution is 0.251. The lowest BCUT2D eigenvalue weighted by Gasteiger charge is -2.07. The normalized spacial score (nSPS) is 10.0. The highest BCUT2D eigenvalue weighted by atomic mass is 35.5.